The zero-order valence-corrected chi connectivity index (χ0v) is 19.3. The highest BCUT2D eigenvalue weighted by Crippen LogP contribution is 2.47. The molecule has 3 rings (SSSR count). The van der Waals surface area contributed by atoms with Crippen molar-refractivity contribution in [3.63, 3.8) is 0 Å². The minimum Gasteiger partial charge on any atom is -0.440 e. The molecule has 0 spiro atoms. The molecule has 170 valence electrons. The third kappa shape index (κ3) is 6.63. The molecule has 1 amide bonds. The molecule has 0 radical (unpaired) electrons. The Morgan fingerprint density at radius 2 is 1.56 bits per heavy atom. The van der Waals surface area contributed by atoms with Crippen molar-refractivity contribution < 1.29 is 22.8 Å². The lowest BCUT2D eigenvalue weighted by Gasteiger charge is -2.16. The molecule has 0 unspecified atom stereocenters. The summed E-state index contributed by atoms with van der Waals surface area (Å²) in [7, 11) is -3.17. The van der Waals surface area contributed by atoms with Gasteiger partial charge in [0.2, 0.25) is 5.91 Å². The van der Waals surface area contributed by atoms with Gasteiger partial charge >= 0.3 is 7.60 Å². The molecule has 1 aromatic heterocycles. The molecule has 0 saturated carbocycles. The number of aryl methyl sites for hydroxylation is 1. The Balaban J connectivity index is 1.63. The van der Waals surface area contributed by atoms with Crippen molar-refractivity contribution in [1.29, 1.82) is 0 Å². The highest BCUT2D eigenvalue weighted by Gasteiger charge is 2.23. The zero-order chi connectivity index (χ0) is 22.8. The molecule has 8 heteroatoms. The first-order valence-corrected chi connectivity index (χ1v) is 12.5. The summed E-state index contributed by atoms with van der Waals surface area (Å²) in [6.45, 7) is 4.32. The highest BCUT2D eigenvalue weighted by molar-refractivity contribution is 7.53. The lowest BCUT2D eigenvalue weighted by atomic mass is 10.1. The van der Waals surface area contributed by atoms with Gasteiger partial charge in [0.05, 0.1) is 19.4 Å². The molecule has 0 saturated heterocycles. The van der Waals surface area contributed by atoms with Crippen LogP contribution in [0.5, 0.6) is 0 Å². The van der Waals surface area contributed by atoms with E-state index in [1.807, 2.05) is 60.7 Å². The molecular weight excluding hydrogens is 427 g/mol. The monoisotopic (exact) mass is 456 g/mol. The maximum absolute atomic E-state index is 12.5. The molecule has 2 aromatic carbocycles. The Morgan fingerprint density at radius 1 is 0.969 bits per heavy atom. The lowest BCUT2D eigenvalue weighted by Crippen LogP contribution is -2.27. The van der Waals surface area contributed by atoms with Gasteiger partial charge in [0.25, 0.3) is 0 Å². The van der Waals surface area contributed by atoms with Crippen molar-refractivity contribution in [1.82, 2.24) is 10.3 Å². The number of hydrogen-bond donors (Lipinski definition) is 1. The molecule has 7 nitrogen and oxygen atoms in total. The highest BCUT2D eigenvalue weighted by atomic mass is 31.2. The SMILES string of the molecule is CCOP(=O)(CCNC(=O)CCc1nc(-c2ccccc2)c(-c2ccccc2)o1)OCC. The van der Waals surface area contributed by atoms with Gasteiger partial charge in [-0.05, 0) is 13.8 Å². The number of nitrogens with zero attached hydrogens (tertiary/aromatic N) is 1. The summed E-state index contributed by atoms with van der Waals surface area (Å²) in [6, 6.07) is 19.6. The van der Waals surface area contributed by atoms with E-state index in [-0.39, 0.29) is 25.0 Å². The van der Waals surface area contributed by atoms with Gasteiger partial charge < -0.3 is 18.8 Å². The summed E-state index contributed by atoms with van der Waals surface area (Å²) >= 11 is 0. The van der Waals surface area contributed by atoms with E-state index in [1.54, 1.807) is 13.8 Å². The fraction of sp³-hybridized carbons (Fsp3) is 0.333. The van der Waals surface area contributed by atoms with Crippen molar-refractivity contribution in [2.45, 2.75) is 26.7 Å². The first-order valence-electron chi connectivity index (χ1n) is 10.8. The Morgan fingerprint density at radius 3 is 2.16 bits per heavy atom. The van der Waals surface area contributed by atoms with Crippen molar-refractivity contribution in [2.24, 2.45) is 0 Å². The first-order chi connectivity index (χ1) is 15.5. The van der Waals surface area contributed by atoms with Crippen LogP contribution in [0.25, 0.3) is 22.6 Å². The third-order valence-corrected chi connectivity index (χ3v) is 6.75. The van der Waals surface area contributed by atoms with E-state index in [2.05, 4.69) is 10.3 Å². The van der Waals surface area contributed by atoms with Gasteiger partial charge in [0, 0.05) is 30.5 Å². The molecule has 0 aliphatic heterocycles. The fourth-order valence-electron chi connectivity index (χ4n) is 3.25. The molecule has 0 bridgehead atoms. The van der Waals surface area contributed by atoms with Crippen molar-refractivity contribution in [3.05, 3.63) is 66.6 Å². The lowest BCUT2D eigenvalue weighted by molar-refractivity contribution is -0.121. The number of hydrogen-bond acceptors (Lipinski definition) is 6. The molecule has 0 aliphatic carbocycles. The normalized spacial score (nSPS) is 11.4. The van der Waals surface area contributed by atoms with E-state index in [0.29, 0.717) is 31.3 Å². The Bertz CT molecular complexity index is 970. The van der Waals surface area contributed by atoms with Gasteiger partial charge in [-0.1, -0.05) is 60.7 Å². The molecule has 1 heterocycles. The van der Waals surface area contributed by atoms with Gasteiger partial charge in [0.15, 0.2) is 11.7 Å². The van der Waals surface area contributed by atoms with E-state index >= 15 is 0 Å². The van der Waals surface area contributed by atoms with Crippen molar-refractivity contribution in [2.75, 3.05) is 25.9 Å². The number of rotatable bonds is 12. The first kappa shape index (κ1) is 23.9. The number of amides is 1. The van der Waals surface area contributed by atoms with Gasteiger partial charge in [-0.2, -0.15) is 0 Å². The summed E-state index contributed by atoms with van der Waals surface area (Å²) in [5.74, 6) is 0.999. The van der Waals surface area contributed by atoms with Gasteiger partial charge in [-0.25, -0.2) is 4.98 Å². The Hall–Kier alpha value is -2.73. The Labute approximate surface area is 188 Å². The van der Waals surface area contributed by atoms with Crippen molar-refractivity contribution in [3.8, 4) is 22.6 Å². The van der Waals surface area contributed by atoms with Crippen LogP contribution in [0.1, 0.15) is 26.2 Å². The summed E-state index contributed by atoms with van der Waals surface area (Å²) < 4.78 is 29.0. The largest absolute Gasteiger partial charge is 0.440 e. The summed E-state index contributed by atoms with van der Waals surface area (Å²) in [6.07, 6.45) is 0.694. The molecule has 3 aromatic rings. The smallest absolute Gasteiger partial charge is 0.332 e. The van der Waals surface area contributed by atoms with Gasteiger partial charge in [0.1, 0.15) is 5.69 Å². The number of aromatic nitrogens is 1. The molecule has 0 fully saturated rings. The standard InChI is InChI=1S/C24H29N2O5P/c1-3-29-32(28,30-4-2)18-17-25-21(27)15-16-22-26-23(19-11-7-5-8-12-19)24(31-22)20-13-9-6-10-14-20/h5-14H,3-4,15-18H2,1-2H3,(H,25,27). The number of oxazole rings is 1. The molecule has 0 atom stereocenters. The van der Waals surface area contributed by atoms with Gasteiger partial charge in [-0.3, -0.25) is 9.36 Å². The van der Waals surface area contributed by atoms with E-state index < -0.39 is 7.60 Å². The maximum Gasteiger partial charge on any atom is 0.332 e. The van der Waals surface area contributed by atoms with Crippen LogP contribution in [0.15, 0.2) is 65.1 Å². The summed E-state index contributed by atoms with van der Waals surface area (Å²) in [5, 5.41) is 2.77. The van der Waals surface area contributed by atoms with Crippen LogP contribution in [0, 0.1) is 0 Å². The van der Waals surface area contributed by atoms with E-state index in [9.17, 15) is 9.36 Å². The van der Waals surface area contributed by atoms with Crippen LogP contribution in [-0.2, 0) is 24.8 Å². The second-order valence-corrected chi connectivity index (χ2v) is 9.22. The number of carbonyl (C=O) groups is 1. The van der Waals surface area contributed by atoms with E-state index in [4.69, 9.17) is 13.5 Å². The average molecular weight is 456 g/mol. The average Bonchev–Trinajstić information content (AvgIpc) is 3.24. The Kier molecular flexibility index (Phi) is 8.80. The topological polar surface area (TPSA) is 90.7 Å². The fourth-order valence-corrected chi connectivity index (χ4v) is 4.75. The molecular formula is C24H29N2O5P. The van der Waals surface area contributed by atoms with Crippen LogP contribution >= 0.6 is 7.60 Å². The zero-order valence-electron chi connectivity index (χ0n) is 18.5. The number of benzene rings is 2. The quantitative estimate of drug-likeness (QED) is 0.371. The van der Waals surface area contributed by atoms with Crippen LogP contribution in [0.4, 0.5) is 0 Å². The summed E-state index contributed by atoms with van der Waals surface area (Å²) in [4.78, 5) is 17.0. The van der Waals surface area contributed by atoms with Crippen LogP contribution in [-0.4, -0.2) is 36.8 Å². The van der Waals surface area contributed by atoms with E-state index in [1.165, 1.54) is 0 Å². The van der Waals surface area contributed by atoms with E-state index in [0.717, 1.165) is 16.8 Å². The summed E-state index contributed by atoms with van der Waals surface area (Å²) in [5.41, 5.74) is 2.63. The second kappa shape index (κ2) is 11.8. The minimum absolute atomic E-state index is 0.135. The van der Waals surface area contributed by atoms with Crippen molar-refractivity contribution >= 4 is 13.5 Å². The third-order valence-electron chi connectivity index (χ3n) is 4.68. The van der Waals surface area contributed by atoms with Gasteiger partial charge in [-0.15, -0.1) is 0 Å². The van der Waals surface area contributed by atoms with Crippen LogP contribution in [0.3, 0.4) is 0 Å². The van der Waals surface area contributed by atoms with Crippen LogP contribution in [0.2, 0.25) is 0 Å². The minimum atomic E-state index is -3.17. The number of nitrogens with one attached hydrogen (secondary N) is 1. The predicted molar refractivity (Wildman–Crippen MR) is 124 cm³/mol. The number of carbonyl (C=O) groups excluding carboxylic acids is 1. The molecule has 32 heavy (non-hydrogen) atoms. The predicted octanol–water partition coefficient (Wildman–Crippen LogP) is 5.32. The van der Waals surface area contributed by atoms with Crippen LogP contribution < -0.4 is 5.32 Å². The molecule has 1 N–H and O–H groups in total. The second-order valence-electron chi connectivity index (χ2n) is 7.04. The molecule has 0 aliphatic rings. The maximum atomic E-state index is 12.5.